The van der Waals surface area contributed by atoms with Gasteiger partial charge in [-0.1, -0.05) is 0 Å². The largest absolute Gasteiger partial charge is 0.449 e. The van der Waals surface area contributed by atoms with Gasteiger partial charge in [-0.25, -0.2) is 9.59 Å². The van der Waals surface area contributed by atoms with E-state index in [0.29, 0.717) is 5.69 Å². The van der Waals surface area contributed by atoms with Crippen LogP contribution in [0, 0.1) is 5.92 Å². The Bertz CT molecular complexity index is 695. The van der Waals surface area contributed by atoms with E-state index in [4.69, 9.17) is 4.74 Å². The summed E-state index contributed by atoms with van der Waals surface area (Å²) in [4.78, 5) is 47.1. The first-order valence-electron chi connectivity index (χ1n) is 8.49. The van der Waals surface area contributed by atoms with Crippen molar-refractivity contribution in [2.24, 2.45) is 5.92 Å². The quantitative estimate of drug-likeness (QED) is 0.669. The van der Waals surface area contributed by atoms with Crippen LogP contribution in [0.1, 0.15) is 44.0 Å². The molecular formula is C18H23N3O5. The van der Waals surface area contributed by atoms with Gasteiger partial charge in [0.25, 0.3) is 5.91 Å². The van der Waals surface area contributed by atoms with Gasteiger partial charge in [-0.2, -0.15) is 0 Å². The van der Waals surface area contributed by atoms with E-state index < -0.39 is 24.0 Å². The molecule has 4 amide bonds. The minimum absolute atomic E-state index is 0.0229. The maximum Gasteiger partial charge on any atom is 0.338 e. The van der Waals surface area contributed by atoms with Gasteiger partial charge in [0.05, 0.1) is 5.56 Å². The third-order valence-electron chi connectivity index (χ3n) is 3.65. The smallest absolute Gasteiger partial charge is 0.338 e. The van der Waals surface area contributed by atoms with Gasteiger partial charge in [-0.3, -0.25) is 14.9 Å². The summed E-state index contributed by atoms with van der Waals surface area (Å²) in [7, 11) is 0. The molecule has 3 N–H and O–H groups in total. The predicted molar refractivity (Wildman–Crippen MR) is 94.5 cm³/mol. The van der Waals surface area contributed by atoms with Gasteiger partial charge in [-0.05, 0) is 57.9 Å². The van der Waals surface area contributed by atoms with E-state index in [1.807, 2.05) is 0 Å². The molecule has 1 atom stereocenters. The Morgan fingerprint density at radius 3 is 2.19 bits per heavy atom. The Labute approximate surface area is 151 Å². The lowest BCUT2D eigenvalue weighted by Crippen LogP contribution is -2.46. The molecule has 8 nitrogen and oxygen atoms in total. The van der Waals surface area contributed by atoms with Gasteiger partial charge in [0.1, 0.15) is 0 Å². The van der Waals surface area contributed by atoms with Crippen LogP contribution in [0.5, 0.6) is 0 Å². The molecule has 1 aromatic rings. The van der Waals surface area contributed by atoms with Crippen LogP contribution in [-0.2, 0) is 14.3 Å². The first-order chi connectivity index (χ1) is 12.3. The number of carbonyl (C=O) groups is 4. The van der Waals surface area contributed by atoms with Crippen molar-refractivity contribution >= 4 is 29.5 Å². The van der Waals surface area contributed by atoms with Crippen LogP contribution in [0.25, 0.3) is 0 Å². The topological polar surface area (TPSA) is 114 Å². The standard InChI is InChI=1S/C18H23N3O5/c1-10(2)19-18(25)21-15(22)11(3)26-17(24)13-6-8-14(9-7-13)20-16(23)12-4-5-12/h6-12H,4-5H2,1-3H3,(H,20,23)(H2,19,21,22,25). The van der Waals surface area contributed by atoms with Crippen LogP contribution in [0.4, 0.5) is 10.5 Å². The number of hydrogen-bond donors (Lipinski definition) is 3. The maximum atomic E-state index is 12.1. The molecule has 1 unspecified atom stereocenters. The lowest BCUT2D eigenvalue weighted by molar-refractivity contribution is -0.128. The molecule has 1 fully saturated rings. The second-order valence-electron chi connectivity index (χ2n) is 6.51. The fraction of sp³-hybridized carbons (Fsp3) is 0.444. The number of hydrogen-bond acceptors (Lipinski definition) is 5. The van der Waals surface area contributed by atoms with E-state index in [0.717, 1.165) is 12.8 Å². The number of ether oxygens (including phenoxy) is 1. The Kier molecular flexibility index (Phi) is 6.32. The number of rotatable bonds is 6. The molecule has 140 valence electrons. The molecule has 0 saturated heterocycles. The van der Waals surface area contributed by atoms with E-state index in [1.165, 1.54) is 19.1 Å². The Morgan fingerprint density at radius 1 is 1.04 bits per heavy atom. The first-order valence-corrected chi connectivity index (χ1v) is 8.49. The van der Waals surface area contributed by atoms with Gasteiger partial charge in [0.15, 0.2) is 6.10 Å². The zero-order valence-electron chi connectivity index (χ0n) is 15.0. The molecule has 2 rings (SSSR count). The zero-order chi connectivity index (χ0) is 19.3. The summed E-state index contributed by atoms with van der Waals surface area (Å²) in [6.07, 6.45) is 0.686. The Hall–Kier alpha value is -2.90. The van der Waals surface area contributed by atoms with Gasteiger partial charge in [0.2, 0.25) is 5.91 Å². The minimum atomic E-state index is -1.13. The normalized spacial score (nSPS) is 14.3. The van der Waals surface area contributed by atoms with Crippen molar-refractivity contribution in [1.82, 2.24) is 10.6 Å². The summed E-state index contributed by atoms with van der Waals surface area (Å²) in [5.74, 6) is -1.35. The van der Waals surface area contributed by atoms with Crippen molar-refractivity contribution in [3.05, 3.63) is 29.8 Å². The second kappa shape index (κ2) is 8.46. The average Bonchev–Trinajstić information content (AvgIpc) is 3.39. The maximum absolute atomic E-state index is 12.1. The van der Waals surface area contributed by atoms with E-state index in [-0.39, 0.29) is 23.4 Å². The summed E-state index contributed by atoms with van der Waals surface area (Å²) in [5.41, 5.74) is 0.829. The van der Waals surface area contributed by atoms with E-state index in [1.54, 1.807) is 26.0 Å². The van der Waals surface area contributed by atoms with E-state index in [2.05, 4.69) is 16.0 Å². The lowest BCUT2D eigenvalue weighted by Gasteiger charge is -2.14. The molecule has 0 aromatic heterocycles. The molecule has 1 aliphatic carbocycles. The van der Waals surface area contributed by atoms with Crippen LogP contribution in [0.2, 0.25) is 0 Å². The fourth-order valence-corrected chi connectivity index (χ4v) is 2.07. The number of nitrogens with one attached hydrogen (secondary N) is 3. The van der Waals surface area contributed by atoms with Crippen LogP contribution < -0.4 is 16.0 Å². The van der Waals surface area contributed by atoms with Crippen molar-refractivity contribution in [2.75, 3.05) is 5.32 Å². The Morgan fingerprint density at radius 2 is 1.65 bits per heavy atom. The zero-order valence-corrected chi connectivity index (χ0v) is 15.0. The van der Waals surface area contributed by atoms with Crippen molar-refractivity contribution in [3.8, 4) is 0 Å². The summed E-state index contributed by atoms with van der Waals surface area (Å²) in [5, 5.41) is 7.37. The number of benzene rings is 1. The average molecular weight is 361 g/mol. The highest BCUT2D eigenvalue weighted by Gasteiger charge is 2.29. The summed E-state index contributed by atoms with van der Waals surface area (Å²) < 4.78 is 5.05. The molecule has 0 heterocycles. The van der Waals surface area contributed by atoms with Gasteiger partial charge in [0, 0.05) is 17.6 Å². The highest BCUT2D eigenvalue weighted by molar-refractivity contribution is 5.99. The minimum Gasteiger partial charge on any atom is -0.449 e. The van der Waals surface area contributed by atoms with Gasteiger partial charge < -0.3 is 15.4 Å². The number of carbonyl (C=O) groups excluding carboxylic acids is 4. The highest BCUT2D eigenvalue weighted by Crippen LogP contribution is 2.30. The SMILES string of the molecule is CC(C)NC(=O)NC(=O)C(C)OC(=O)c1ccc(NC(=O)C2CC2)cc1. The third-order valence-corrected chi connectivity index (χ3v) is 3.65. The molecule has 1 saturated carbocycles. The second-order valence-corrected chi connectivity index (χ2v) is 6.51. The molecule has 0 radical (unpaired) electrons. The number of imide groups is 1. The molecule has 1 aliphatic rings. The number of urea groups is 1. The van der Waals surface area contributed by atoms with Crippen LogP contribution in [0.3, 0.4) is 0 Å². The monoisotopic (exact) mass is 361 g/mol. The molecule has 0 bridgehead atoms. The van der Waals surface area contributed by atoms with Gasteiger partial charge >= 0.3 is 12.0 Å². The third kappa shape index (κ3) is 5.87. The molecular weight excluding hydrogens is 338 g/mol. The molecule has 0 spiro atoms. The van der Waals surface area contributed by atoms with E-state index >= 15 is 0 Å². The summed E-state index contributed by atoms with van der Waals surface area (Å²) >= 11 is 0. The van der Waals surface area contributed by atoms with Crippen LogP contribution >= 0.6 is 0 Å². The first kappa shape index (κ1) is 19.4. The Balaban J connectivity index is 1.84. The van der Waals surface area contributed by atoms with E-state index in [9.17, 15) is 19.2 Å². The van der Waals surface area contributed by atoms with Crippen molar-refractivity contribution in [2.45, 2.75) is 45.8 Å². The molecule has 26 heavy (non-hydrogen) atoms. The van der Waals surface area contributed by atoms with Crippen LogP contribution in [-0.4, -0.2) is 36.0 Å². The van der Waals surface area contributed by atoms with Gasteiger partial charge in [-0.15, -0.1) is 0 Å². The summed E-state index contributed by atoms with van der Waals surface area (Å²) in [6.45, 7) is 4.88. The number of anilines is 1. The van der Waals surface area contributed by atoms with Crippen LogP contribution in [0.15, 0.2) is 24.3 Å². The molecule has 8 heteroatoms. The van der Waals surface area contributed by atoms with Crippen molar-refractivity contribution < 1.29 is 23.9 Å². The van der Waals surface area contributed by atoms with Crippen molar-refractivity contribution in [1.29, 1.82) is 0 Å². The summed E-state index contributed by atoms with van der Waals surface area (Å²) in [6, 6.07) is 5.42. The van der Waals surface area contributed by atoms with Crippen molar-refractivity contribution in [3.63, 3.8) is 0 Å². The lowest BCUT2D eigenvalue weighted by atomic mass is 10.2. The number of amides is 4. The predicted octanol–water partition coefficient (Wildman–Crippen LogP) is 1.81. The number of esters is 1. The highest BCUT2D eigenvalue weighted by atomic mass is 16.5. The fourth-order valence-electron chi connectivity index (χ4n) is 2.07. The molecule has 1 aromatic carbocycles. The molecule has 0 aliphatic heterocycles.